The van der Waals surface area contributed by atoms with Crippen LogP contribution in [0.15, 0.2) is 12.4 Å². The molecule has 0 saturated carbocycles. The summed E-state index contributed by atoms with van der Waals surface area (Å²) in [6.45, 7) is 6.69. The van der Waals surface area contributed by atoms with Crippen molar-refractivity contribution in [3.05, 3.63) is 12.4 Å². The molecule has 2 rings (SSSR count). The second-order valence-electron chi connectivity index (χ2n) is 4.83. The summed E-state index contributed by atoms with van der Waals surface area (Å²) in [5, 5.41) is 0. The number of likely N-dealkylation sites (tertiary alicyclic amines) is 1. The lowest BCUT2D eigenvalue weighted by Crippen LogP contribution is -2.42. The predicted molar refractivity (Wildman–Crippen MR) is 77.5 cm³/mol. The van der Waals surface area contributed by atoms with E-state index >= 15 is 0 Å². The highest BCUT2D eigenvalue weighted by atomic mass is 16.5. The van der Waals surface area contributed by atoms with Crippen molar-refractivity contribution >= 4 is 6.03 Å². The van der Waals surface area contributed by atoms with Crippen molar-refractivity contribution in [2.75, 3.05) is 33.3 Å². The standard InChI is InChI=1S/C14H22N4O3/c1-4-17(5-2)14(19)18-7-6-11(10-18)21-13-9-15-8-12(16-13)20-3/h8-9,11H,4-7,10H2,1-3H3. The van der Waals surface area contributed by atoms with Crippen LogP contribution in [0.3, 0.4) is 0 Å². The number of ether oxygens (including phenoxy) is 2. The molecular formula is C14H22N4O3. The van der Waals surface area contributed by atoms with Gasteiger partial charge in [0.1, 0.15) is 6.10 Å². The van der Waals surface area contributed by atoms with Crippen LogP contribution in [0.5, 0.6) is 11.8 Å². The van der Waals surface area contributed by atoms with Crippen LogP contribution in [0.25, 0.3) is 0 Å². The molecule has 1 aliphatic heterocycles. The smallest absolute Gasteiger partial charge is 0.320 e. The van der Waals surface area contributed by atoms with Gasteiger partial charge in [-0.2, -0.15) is 4.98 Å². The molecule has 0 aliphatic carbocycles. The van der Waals surface area contributed by atoms with Gasteiger partial charge in [-0.3, -0.25) is 4.98 Å². The Labute approximate surface area is 124 Å². The van der Waals surface area contributed by atoms with Gasteiger partial charge in [0.25, 0.3) is 0 Å². The van der Waals surface area contributed by atoms with Gasteiger partial charge >= 0.3 is 6.03 Å². The SMILES string of the molecule is CCN(CC)C(=O)N1CCC(Oc2cncc(OC)n2)C1. The molecule has 1 saturated heterocycles. The average Bonchev–Trinajstić information content (AvgIpc) is 2.97. The monoisotopic (exact) mass is 294 g/mol. The molecule has 2 amide bonds. The van der Waals surface area contributed by atoms with Gasteiger partial charge in [-0.15, -0.1) is 0 Å². The molecule has 7 nitrogen and oxygen atoms in total. The van der Waals surface area contributed by atoms with Crippen molar-refractivity contribution in [2.45, 2.75) is 26.4 Å². The normalized spacial score (nSPS) is 17.7. The molecule has 0 aromatic carbocycles. The Kier molecular flexibility index (Phi) is 5.19. The van der Waals surface area contributed by atoms with E-state index < -0.39 is 0 Å². The lowest BCUT2D eigenvalue weighted by atomic mass is 10.3. The van der Waals surface area contributed by atoms with Gasteiger partial charge in [0.2, 0.25) is 11.8 Å². The molecular weight excluding hydrogens is 272 g/mol. The minimum absolute atomic E-state index is 0.0501. The highest BCUT2D eigenvalue weighted by molar-refractivity contribution is 5.74. The zero-order valence-electron chi connectivity index (χ0n) is 12.8. The van der Waals surface area contributed by atoms with Crippen molar-refractivity contribution in [1.82, 2.24) is 19.8 Å². The fraction of sp³-hybridized carbons (Fsp3) is 0.643. The minimum Gasteiger partial charge on any atom is -0.480 e. The third-order valence-electron chi connectivity index (χ3n) is 3.54. The van der Waals surface area contributed by atoms with E-state index in [1.165, 1.54) is 13.3 Å². The Hall–Kier alpha value is -2.05. The van der Waals surface area contributed by atoms with Crippen LogP contribution in [0.2, 0.25) is 0 Å². The largest absolute Gasteiger partial charge is 0.480 e. The van der Waals surface area contributed by atoms with Crippen LogP contribution in [0, 0.1) is 0 Å². The van der Waals surface area contributed by atoms with Crippen LogP contribution >= 0.6 is 0 Å². The van der Waals surface area contributed by atoms with Crippen LogP contribution in [-0.2, 0) is 0 Å². The zero-order valence-corrected chi connectivity index (χ0v) is 12.8. The summed E-state index contributed by atoms with van der Waals surface area (Å²) in [7, 11) is 1.54. The Balaban J connectivity index is 1.91. The molecule has 0 N–H and O–H groups in total. The van der Waals surface area contributed by atoms with Gasteiger partial charge in [0.15, 0.2) is 0 Å². The summed E-state index contributed by atoms with van der Waals surface area (Å²) in [4.78, 5) is 24.1. The summed E-state index contributed by atoms with van der Waals surface area (Å²) in [6, 6.07) is 0.0721. The van der Waals surface area contributed by atoms with E-state index in [4.69, 9.17) is 9.47 Å². The average molecular weight is 294 g/mol. The van der Waals surface area contributed by atoms with E-state index in [1.807, 2.05) is 23.6 Å². The molecule has 116 valence electrons. The number of urea groups is 1. The van der Waals surface area contributed by atoms with Crippen LogP contribution < -0.4 is 9.47 Å². The summed E-state index contributed by atoms with van der Waals surface area (Å²) >= 11 is 0. The van der Waals surface area contributed by atoms with Gasteiger partial charge in [0.05, 0.1) is 26.0 Å². The Morgan fingerprint density at radius 2 is 2.10 bits per heavy atom. The Morgan fingerprint density at radius 3 is 2.76 bits per heavy atom. The molecule has 1 aliphatic rings. The first-order valence-corrected chi connectivity index (χ1v) is 7.24. The highest BCUT2D eigenvalue weighted by Gasteiger charge is 2.29. The number of nitrogens with zero attached hydrogens (tertiary/aromatic N) is 4. The molecule has 1 atom stereocenters. The number of amides is 2. The van der Waals surface area contributed by atoms with Crippen molar-refractivity contribution in [3.63, 3.8) is 0 Å². The maximum atomic E-state index is 12.3. The molecule has 1 fully saturated rings. The van der Waals surface area contributed by atoms with E-state index in [0.717, 1.165) is 19.5 Å². The van der Waals surface area contributed by atoms with Gasteiger partial charge in [-0.05, 0) is 13.8 Å². The van der Waals surface area contributed by atoms with Gasteiger partial charge in [0, 0.05) is 26.1 Å². The number of carbonyl (C=O) groups excluding carboxylic acids is 1. The second-order valence-corrected chi connectivity index (χ2v) is 4.83. The number of hydrogen-bond acceptors (Lipinski definition) is 5. The maximum Gasteiger partial charge on any atom is 0.320 e. The Morgan fingerprint density at radius 1 is 1.38 bits per heavy atom. The minimum atomic E-state index is -0.0501. The molecule has 1 aromatic heterocycles. The summed E-state index contributed by atoms with van der Waals surface area (Å²) in [6.07, 6.45) is 3.83. The molecule has 1 unspecified atom stereocenters. The quantitative estimate of drug-likeness (QED) is 0.821. The van der Waals surface area contributed by atoms with Crippen LogP contribution in [-0.4, -0.2) is 65.2 Å². The number of carbonyl (C=O) groups is 1. The van der Waals surface area contributed by atoms with E-state index in [2.05, 4.69) is 9.97 Å². The predicted octanol–water partition coefficient (Wildman–Crippen LogP) is 1.40. The lowest BCUT2D eigenvalue weighted by molar-refractivity contribution is 0.154. The zero-order chi connectivity index (χ0) is 15.2. The number of aromatic nitrogens is 2. The van der Waals surface area contributed by atoms with Crippen molar-refractivity contribution in [3.8, 4) is 11.8 Å². The third kappa shape index (κ3) is 3.74. The molecule has 21 heavy (non-hydrogen) atoms. The van der Waals surface area contributed by atoms with Gasteiger partial charge in [-0.25, -0.2) is 4.79 Å². The van der Waals surface area contributed by atoms with Crippen LogP contribution in [0.4, 0.5) is 4.79 Å². The van der Waals surface area contributed by atoms with Crippen molar-refractivity contribution in [1.29, 1.82) is 0 Å². The molecule has 0 bridgehead atoms. The fourth-order valence-electron chi connectivity index (χ4n) is 2.35. The van der Waals surface area contributed by atoms with E-state index in [1.54, 1.807) is 6.20 Å². The number of methoxy groups -OCH3 is 1. The topological polar surface area (TPSA) is 67.8 Å². The third-order valence-corrected chi connectivity index (χ3v) is 3.54. The fourth-order valence-corrected chi connectivity index (χ4v) is 2.35. The summed E-state index contributed by atoms with van der Waals surface area (Å²) < 4.78 is 10.8. The Bertz CT molecular complexity index is 479. The van der Waals surface area contributed by atoms with Crippen molar-refractivity contribution < 1.29 is 14.3 Å². The van der Waals surface area contributed by atoms with Gasteiger partial charge in [-0.1, -0.05) is 0 Å². The first kappa shape index (κ1) is 15.3. The van der Waals surface area contributed by atoms with E-state index in [-0.39, 0.29) is 12.1 Å². The maximum absolute atomic E-state index is 12.3. The lowest BCUT2D eigenvalue weighted by Gasteiger charge is -2.25. The number of rotatable bonds is 5. The highest BCUT2D eigenvalue weighted by Crippen LogP contribution is 2.18. The number of hydrogen-bond donors (Lipinski definition) is 0. The first-order chi connectivity index (χ1) is 10.2. The summed E-state index contributed by atoms with van der Waals surface area (Å²) in [5.74, 6) is 0.845. The molecule has 2 heterocycles. The second kappa shape index (κ2) is 7.10. The molecule has 1 aromatic rings. The molecule has 0 spiro atoms. The first-order valence-electron chi connectivity index (χ1n) is 7.24. The van der Waals surface area contributed by atoms with Crippen molar-refractivity contribution in [2.24, 2.45) is 0 Å². The van der Waals surface area contributed by atoms with E-state index in [0.29, 0.717) is 24.8 Å². The van der Waals surface area contributed by atoms with Gasteiger partial charge < -0.3 is 19.3 Å². The molecule has 0 radical (unpaired) electrons. The molecule has 7 heteroatoms. The van der Waals surface area contributed by atoms with E-state index in [9.17, 15) is 4.79 Å². The van der Waals surface area contributed by atoms with Crippen LogP contribution in [0.1, 0.15) is 20.3 Å². The summed E-state index contributed by atoms with van der Waals surface area (Å²) in [5.41, 5.74) is 0.